The van der Waals surface area contributed by atoms with E-state index in [0.29, 0.717) is 26.2 Å². The van der Waals surface area contributed by atoms with Crippen molar-refractivity contribution < 1.29 is 9.59 Å². The third-order valence-electron chi connectivity index (χ3n) is 4.35. The number of amides is 2. The Balaban J connectivity index is 1.49. The molecule has 1 N–H and O–H groups in total. The van der Waals surface area contributed by atoms with E-state index >= 15 is 0 Å². The molecule has 0 aliphatic carbocycles. The number of rotatable bonds is 4. The number of carbonyl (C=O) groups excluding carboxylic acids is 2. The van der Waals surface area contributed by atoms with Crippen LogP contribution >= 0.6 is 11.8 Å². The summed E-state index contributed by atoms with van der Waals surface area (Å²) in [6.07, 6.45) is 0.832. The van der Waals surface area contributed by atoms with Gasteiger partial charge in [-0.3, -0.25) is 14.5 Å². The van der Waals surface area contributed by atoms with Gasteiger partial charge in [0, 0.05) is 37.6 Å². The molecule has 2 amide bonds. The Morgan fingerprint density at radius 2 is 1.96 bits per heavy atom. The molecule has 1 aromatic rings. The lowest BCUT2D eigenvalue weighted by Gasteiger charge is -2.35. The van der Waals surface area contributed by atoms with Gasteiger partial charge in [0.2, 0.25) is 11.8 Å². The summed E-state index contributed by atoms with van der Waals surface area (Å²) in [5.41, 5.74) is 1.28. The number of fused-ring (bicyclic) bond motifs is 1. The van der Waals surface area contributed by atoms with E-state index in [-0.39, 0.29) is 17.1 Å². The molecule has 1 saturated heterocycles. The average molecular weight is 333 g/mol. The van der Waals surface area contributed by atoms with E-state index in [1.807, 2.05) is 24.0 Å². The summed E-state index contributed by atoms with van der Waals surface area (Å²) in [6.45, 7) is 5.99. The molecule has 1 unspecified atom stereocenters. The summed E-state index contributed by atoms with van der Waals surface area (Å²) >= 11 is 1.69. The number of thioether (sulfide) groups is 1. The Hall–Kier alpha value is -1.53. The molecular weight excluding hydrogens is 310 g/mol. The van der Waals surface area contributed by atoms with Crippen LogP contribution in [0.4, 0.5) is 0 Å². The summed E-state index contributed by atoms with van der Waals surface area (Å²) < 4.78 is 0. The maximum Gasteiger partial charge on any atom is 0.236 e. The SMILES string of the molecule is CCNC(=O)CN1CCN(C(=O)C2Cc3ccccc3S2)CC1. The van der Waals surface area contributed by atoms with Crippen LogP contribution in [0.25, 0.3) is 0 Å². The van der Waals surface area contributed by atoms with Crippen molar-refractivity contribution in [1.82, 2.24) is 15.1 Å². The largest absolute Gasteiger partial charge is 0.355 e. The Labute approximate surface area is 141 Å². The average Bonchev–Trinajstić information content (AvgIpc) is 2.99. The normalized spacial score (nSPS) is 21.1. The number of nitrogens with one attached hydrogen (secondary N) is 1. The summed E-state index contributed by atoms with van der Waals surface area (Å²) in [5, 5.41) is 2.83. The smallest absolute Gasteiger partial charge is 0.236 e. The molecule has 23 heavy (non-hydrogen) atoms. The van der Waals surface area contributed by atoms with Crippen molar-refractivity contribution in [1.29, 1.82) is 0 Å². The fraction of sp³-hybridized carbons (Fsp3) is 0.529. The number of nitrogens with zero attached hydrogens (tertiary/aromatic N) is 2. The van der Waals surface area contributed by atoms with E-state index in [1.54, 1.807) is 11.8 Å². The highest BCUT2D eigenvalue weighted by Gasteiger charge is 2.32. The minimum Gasteiger partial charge on any atom is -0.355 e. The molecule has 1 atom stereocenters. The monoisotopic (exact) mass is 333 g/mol. The maximum absolute atomic E-state index is 12.7. The molecule has 0 saturated carbocycles. The van der Waals surface area contributed by atoms with Gasteiger partial charge in [-0.15, -0.1) is 11.8 Å². The number of benzene rings is 1. The summed E-state index contributed by atoms with van der Waals surface area (Å²) in [7, 11) is 0. The molecule has 2 aliphatic rings. The second kappa shape index (κ2) is 7.36. The molecule has 0 aromatic heterocycles. The van der Waals surface area contributed by atoms with Crippen molar-refractivity contribution in [3.8, 4) is 0 Å². The second-order valence-corrected chi connectivity index (χ2v) is 7.22. The van der Waals surface area contributed by atoms with Crippen molar-refractivity contribution in [2.75, 3.05) is 39.3 Å². The quantitative estimate of drug-likeness (QED) is 0.893. The third-order valence-corrected chi connectivity index (χ3v) is 5.65. The van der Waals surface area contributed by atoms with Gasteiger partial charge in [-0.25, -0.2) is 0 Å². The van der Waals surface area contributed by atoms with Gasteiger partial charge >= 0.3 is 0 Å². The standard InChI is InChI=1S/C17H23N3O2S/c1-2-18-16(21)12-19-7-9-20(10-8-19)17(22)15-11-13-5-3-4-6-14(13)23-15/h3-6,15H,2,7-12H2,1H3,(H,18,21). The van der Waals surface area contributed by atoms with Crippen LogP contribution in [0.15, 0.2) is 29.2 Å². The minimum atomic E-state index is 0.0161. The van der Waals surface area contributed by atoms with Crippen LogP contribution in [0.1, 0.15) is 12.5 Å². The maximum atomic E-state index is 12.7. The van der Waals surface area contributed by atoms with Gasteiger partial charge in [0.1, 0.15) is 0 Å². The predicted molar refractivity (Wildman–Crippen MR) is 91.5 cm³/mol. The van der Waals surface area contributed by atoms with Crippen LogP contribution in [-0.2, 0) is 16.0 Å². The van der Waals surface area contributed by atoms with Gasteiger partial charge in [0.25, 0.3) is 0 Å². The molecule has 124 valence electrons. The topological polar surface area (TPSA) is 52.7 Å². The first-order valence-corrected chi connectivity index (χ1v) is 9.07. The number of piperazine rings is 1. The molecular formula is C17H23N3O2S. The number of hydrogen-bond donors (Lipinski definition) is 1. The van der Waals surface area contributed by atoms with Crippen molar-refractivity contribution >= 4 is 23.6 Å². The van der Waals surface area contributed by atoms with Crippen molar-refractivity contribution in [2.24, 2.45) is 0 Å². The lowest BCUT2D eigenvalue weighted by molar-refractivity contribution is -0.132. The Bertz CT molecular complexity index is 560. The Kier molecular flexibility index (Phi) is 5.23. The lowest BCUT2D eigenvalue weighted by atomic mass is 10.1. The molecule has 1 aromatic carbocycles. The lowest BCUT2D eigenvalue weighted by Crippen LogP contribution is -2.52. The van der Waals surface area contributed by atoms with Crippen LogP contribution in [0.3, 0.4) is 0 Å². The van der Waals surface area contributed by atoms with E-state index in [1.165, 1.54) is 10.5 Å². The predicted octanol–water partition coefficient (Wildman–Crippen LogP) is 0.984. The van der Waals surface area contributed by atoms with E-state index in [4.69, 9.17) is 0 Å². The molecule has 2 aliphatic heterocycles. The third kappa shape index (κ3) is 3.87. The molecule has 0 bridgehead atoms. The van der Waals surface area contributed by atoms with Gasteiger partial charge in [0.05, 0.1) is 11.8 Å². The van der Waals surface area contributed by atoms with Crippen molar-refractivity contribution in [3.05, 3.63) is 29.8 Å². The number of carbonyl (C=O) groups is 2. The Morgan fingerprint density at radius 1 is 1.22 bits per heavy atom. The van der Waals surface area contributed by atoms with Gasteiger partial charge in [0.15, 0.2) is 0 Å². The first-order valence-electron chi connectivity index (χ1n) is 8.19. The molecule has 2 heterocycles. The van der Waals surface area contributed by atoms with Crippen LogP contribution in [0.5, 0.6) is 0 Å². The van der Waals surface area contributed by atoms with Crippen molar-refractivity contribution in [2.45, 2.75) is 23.5 Å². The molecule has 5 nitrogen and oxygen atoms in total. The number of likely N-dealkylation sites (N-methyl/N-ethyl adjacent to an activating group) is 1. The van der Waals surface area contributed by atoms with Gasteiger partial charge in [-0.05, 0) is 25.0 Å². The highest BCUT2D eigenvalue weighted by atomic mass is 32.2. The zero-order valence-corrected chi connectivity index (χ0v) is 14.3. The highest BCUT2D eigenvalue weighted by Crippen LogP contribution is 2.37. The van der Waals surface area contributed by atoms with E-state index in [2.05, 4.69) is 22.3 Å². The van der Waals surface area contributed by atoms with Crippen LogP contribution < -0.4 is 5.32 Å². The highest BCUT2D eigenvalue weighted by molar-refractivity contribution is 8.01. The zero-order chi connectivity index (χ0) is 16.2. The summed E-state index contributed by atoms with van der Waals surface area (Å²) in [5.74, 6) is 0.304. The zero-order valence-electron chi connectivity index (χ0n) is 13.5. The first kappa shape index (κ1) is 16.3. The summed E-state index contributed by atoms with van der Waals surface area (Å²) in [6, 6.07) is 8.27. The Morgan fingerprint density at radius 3 is 2.65 bits per heavy atom. The van der Waals surface area contributed by atoms with Crippen LogP contribution in [0.2, 0.25) is 0 Å². The van der Waals surface area contributed by atoms with Crippen LogP contribution in [0, 0.1) is 0 Å². The molecule has 6 heteroatoms. The van der Waals surface area contributed by atoms with Crippen LogP contribution in [-0.4, -0.2) is 66.1 Å². The first-order chi connectivity index (χ1) is 11.2. The van der Waals surface area contributed by atoms with Gasteiger partial charge < -0.3 is 10.2 Å². The molecule has 1 fully saturated rings. The minimum absolute atomic E-state index is 0.0161. The molecule has 0 radical (unpaired) electrons. The summed E-state index contributed by atoms with van der Waals surface area (Å²) in [4.78, 5) is 29.6. The molecule has 0 spiro atoms. The molecule has 3 rings (SSSR count). The fourth-order valence-corrected chi connectivity index (χ4v) is 4.39. The van der Waals surface area contributed by atoms with E-state index < -0.39 is 0 Å². The fourth-order valence-electron chi connectivity index (χ4n) is 3.11. The number of hydrogen-bond acceptors (Lipinski definition) is 4. The van der Waals surface area contributed by atoms with Crippen molar-refractivity contribution in [3.63, 3.8) is 0 Å². The van der Waals surface area contributed by atoms with E-state index in [9.17, 15) is 9.59 Å². The second-order valence-electron chi connectivity index (χ2n) is 5.97. The van der Waals surface area contributed by atoms with E-state index in [0.717, 1.165) is 19.5 Å². The van der Waals surface area contributed by atoms with Gasteiger partial charge in [-0.1, -0.05) is 18.2 Å². The van der Waals surface area contributed by atoms with Gasteiger partial charge in [-0.2, -0.15) is 0 Å².